The van der Waals surface area contributed by atoms with Gasteiger partial charge in [0.05, 0.1) is 16.6 Å². The number of rotatable bonds is 7. The van der Waals surface area contributed by atoms with Crippen LogP contribution in [0, 0.1) is 13.8 Å². The molecule has 3 aromatic rings. The van der Waals surface area contributed by atoms with E-state index in [-0.39, 0.29) is 12.5 Å². The van der Waals surface area contributed by atoms with Crippen LogP contribution in [0.3, 0.4) is 0 Å². The average Bonchev–Trinajstić information content (AvgIpc) is 3.08. The molecule has 2 aromatic heterocycles. The Morgan fingerprint density at radius 1 is 1.26 bits per heavy atom. The van der Waals surface area contributed by atoms with Gasteiger partial charge < -0.3 is 19.9 Å². The van der Waals surface area contributed by atoms with Crippen molar-refractivity contribution in [2.75, 3.05) is 24.5 Å². The van der Waals surface area contributed by atoms with E-state index in [0.29, 0.717) is 19.4 Å². The fourth-order valence-electron chi connectivity index (χ4n) is 4.29. The Kier molecular flexibility index (Phi) is 6.18. The van der Waals surface area contributed by atoms with Gasteiger partial charge >= 0.3 is 0 Å². The Labute approximate surface area is 182 Å². The molecule has 0 spiro atoms. The predicted octanol–water partition coefficient (Wildman–Crippen LogP) is 2.37. The molecule has 1 unspecified atom stereocenters. The van der Waals surface area contributed by atoms with Gasteiger partial charge in [-0.3, -0.25) is 4.79 Å². The Bertz CT molecular complexity index is 1070. The molecule has 2 N–H and O–H groups in total. The number of nitrogens with zero attached hydrogens (tertiary/aromatic N) is 5. The number of imidazole rings is 1. The Morgan fingerprint density at radius 3 is 2.94 bits per heavy atom. The zero-order valence-electron chi connectivity index (χ0n) is 18.2. The van der Waals surface area contributed by atoms with E-state index in [0.717, 1.165) is 54.3 Å². The van der Waals surface area contributed by atoms with Crippen molar-refractivity contribution in [3.8, 4) is 0 Å². The molecule has 1 aromatic carbocycles. The average molecular weight is 423 g/mol. The number of amides is 1. The van der Waals surface area contributed by atoms with Crippen molar-refractivity contribution in [2.45, 2.75) is 51.7 Å². The van der Waals surface area contributed by atoms with Crippen LogP contribution in [-0.4, -0.2) is 55.8 Å². The van der Waals surface area contributed by atoms with E-state index >= 15 is 0 Å². The van der Waals surface area contributed by atoms with Crippen molar-refractivity contribution in [1.82, 2.24) is 24.8 Å². The molecule has 4 rings (SSSR count). The molecule has 3 heterocycles. The lowest BCUT2D eigenvalue weighted by Crippen LogP contribution is -2.54. The summed E-state index contributed by atoms with van der Waals surface area (Å²) in [4.78, 5) is 27.5. The highest BCUT2D eigenvalue weighted by atomic mass is 16.3. The molecule has 8 heteroatoms. The summed E-state index contributed by atoms with van der Waals surface area (Å²) >= 11 is 0. The molecule has 1 fully saturated rings. The van der Waals surface area contributed by atoms with Crippen LogP contribution >= 0.6 is 0 Å². The van der Waals surface area contributed by atoms with E-state index < -0.39 is 5.60 Å². The van der Waals surface area contributed by atoms with Gasteiger partial charge in [-0.2, -0.15) is 0 Å². The Balaban J connectivity index is 1.27. The Morgan fingerprint density at radius 2 is 2.10 bits per heavy atom. The summed E-state index contributed by atoms with van der Waals surface area (Å²) in [6, 6.07) is 9.96. The lowest BCUT2D eigenvalue weighted by Gasteiger charge is -2.39. The molecule has 0 aliphatic carbocycles. The number of hydrogen-bond acceptors (Lipinski definition) is 6. The molecule has 31 heavy (non-hydrogen) atoms. The van der Waals surface area contributed by atoms with Crippen molar-refractivity contribution < 1.29 is 9.90 Å². The standard InChI is InChI=1S/C23H30N6O2/c1-17-13-21(26-16-25-17)28-11-6-10-23(31,15-28)14-24-22(30)9-5-12-29-18(2)27-19-7-3-4-8-20(19)29/h3-4,7-8,13,16,31H,5-6,9-12,14-15H2,1-2H3,(H,24,30). The zero-order valence-corrected chi connectivity index (χ0v) is 18.2. The number of β-amino-alcohol motifs (C(OH)–C–C–N with tert-alkyl or cyclic N) is 1. The summed E-state index contributed by atoms with van der Waals surface area (Å²) < 4.78 is 2.15. The minimum absolute atomic E-state index is 0.0366. The monoisotopic (exact) mass is 422 g/mol. The molecule has 0 saturated carbocycles. The molecule has 1 aliphatic rings. The lowest BCUT2D eigenvalue weighted by atomic mass is 9.92. The molecule has 1 aliphatic heterocycles. The van der Waals surface area contributed by atoms with Crippen molar-refractivity contribution in [1.29, 1.82) is 0 Å². The number of para-hydroxylation sites is 2. The highest BCUT2D eigenvalue weighted by molar-refractivity contribution is 5.77. The van der Waals surface area contributed by atoms with E-state index in [4.69, 9.17) is 0 Å². The van der Waals surface area contributed by atoms with E-state index in [9.17, 15) is 9.90 Å². The fraction of sp³-hybridized carbons (Fsp3) is 0.478. The predicted molar refractivity (Wildman–Crippen MR) is 120 cm³/mol. The van der Waals surface area contributed by atoms with Gasteiger partial charge in [-0.05, 0) is 45.2 Å². The second-order valence-corrected chi connectivity index (χ2v) is 8.45. The number of anilines is 1. The minimum Gasteiger partial charge on any atom is -0.386 e. The summed E-state index contributed by atoms with van der Waals surface area (Å²) in [5.41, 5.74) is 2.02. The fourth-order valence-corrected chi connectivity index (χ4v) is 4.29. The van der Waals surface area contributed by atoms with Crippen LogP contribution in [-0.2, 0) is 11.3 Å². The first kappa shape index (κ1) is 21.2. The molecule has 1 amide bonds. The van der Waals surface area contributed by atoms with Gasteiger partial charge in [0.2, 0.25) is 5.91 Å². The number of benzene rings is 1. The van der Waals surface area contributed by atoms with Crippen molar-refractivity contribution >= 4 is 22.8 Å². The third-order valence-electron chi connectivity index (χ3n) is 5.91. The number of carbonyl (C=O) groups is 1. The number of carbonyl (C=O) groups excluding carboxylic acids is 1. The molecule has 0 bridgehead atoms. The molecule has 0 radical (unpaired) electrons. The second kappa shape index (κ2) is 9.01. The first-order valence-electron chi connectivity index (χ1n) is 10.9. The third kappa shape index (κ3) is 5.02. The molecular formula is C23H30N6O2. The first-order valence-corrected chi connectivity index (χ1v) is 10.9. The van der Waals surface area contributed by atoms with Crippen molar-refractivity contribution in [2.24, 2.45) is 0 Å². The number of fused-ring (bicyclic) bond motifs is 1. The SMILES string of the molecule is Cc1cc(N2CCCC(O)(CNC(=O)CCCn3c(C)nc4ccccc43)C2)ncn1. The van der Waals surface area contributed by atoms with Crippen LogP contribution in [0.4, 0.5) is 5.82 Å². The minimum atomic E-state index is -0.954. The largest absolute Gasteiger partial charge is 0.386 e. The number of aromatic nitrogens is 4. The maximum absolute atomic E-state index is 12.4. The van der Waals surface area contributed by atoms with Crippen LogP contribution in [0.2, 0.25) is 0 Å². The van der Waals surface area contributed by atoms with E-state index in [1.165, 1.54) is 0 Å². The number of hydrogen-bond donors (Lipinski definition) is 2. The van der Waals surface area contributed by atoms with E-state index in [1.807, 2.05) is 38.1 Å². The highest BCUT2D eigenvalue weighted by Gasteiger charge is 2.34. The summed E-state index contributed by atoms with van der Waals surface area (Å²) in [6.45, 7) is 6.19. The number of nitrogens with one attached hydrogen (secondary N) is 1. The van der Waals surface area contributed by atoms with E-state index in [2.05, 4.69) is 35.8 Å². The van der Waals surface area contributed by atoms with Gasteiger partial charge in [-0.1, -0.05) is 12.1 Å². The van der Waals surface area contributed by atoms with Gasteiger partial charge in [-0.25, -0.2) is 15.0 Å². The lowest BCUT2D eigenvalue weighted by molar-refractivity contribution is -0.122. The summed E-state index contributed by atoms with van der Waals surface area (Å²) in [5.74, 6) is 1.74. The van der Waals surface area contributed by atoms with Gasteiger partial charge in [-0.15, -0.1) is 0 Å². The van der Waals surface area contributed by atoms with Gasteiger partial charge in [0.15, 0.2) is 0 Å². The smallest absolute Gasteiger partial charge is 0.220 e. The second-order valence-electron chi connectivity index (χ2n) is 8.45. The quantitative estimate of drug-likeness (QED) is 0.607. The molecule has 1 saturated heterocycles. The van der Waals surface area contributed by atoms with Crippen LogP contribution < -0.4 is 10.2 Å². The molecular weight excluding hydrogens is 392 g/mol. The Hall–Kier alpha value is -3.00. The summed E-state index contributed by atoms with van der Waals surface area (Å²) in [5, 5.41) is 14.0. The molecule has 8 nitrogen and oxygen atoms in total. The highest BCUT2D eigenvalue weighted by Crippen LogP contribution is 2.24. The summed E-state index contributed by atoms with van der Waals surface area (Å²) in [7, 11) is 0. The summed E-state index contributed by atoms with van der Waals surface area (Å²) in [6.07, 6.45) is 4.19. The maximum atomic E-state index is 12.4. The number of piperidine rings is 1. The number of aryl methyl sites for hydroxylation is 3. The van der Waals surface area contributed by atoms with Crippen LogP contribution in [0.5, 0.6) is 0 Å². The van der Waals surface area contributed by atoms with Gasteiger partial charge in [0.1, 0.15) is 18.0 Å². The number of aliphatic hydroxyl groups is 1. The van der Waals surface area contributed by atoms with Crippen molar-refractivity contribution in [3.63, 3.8) is 0 Å². The third-order valence-corrected chi connectivity index (χ3v) is 5.91. The van der Waals surface area contributed by atoms with Gasteiger partial charge in [0, 0.05) is 44.4 Å². The van der Waals surface area contributed by atoms with Crippen molar-refractivity contribution in [3.05, 3.63) is 48.2 Å². The normalized spacial score (nSPS) is 19.0. The first-order chi connectivity index (χ1) is 14.9. The molecule has 164 valence electrons. The maximum Gasteiger partial charge on any atom is 0.220 e. The topological polar surface area (TPSA) is 96.2 Å². The molecule has 1 atom stereocenters. The zero-order chi connectivity index (χ0) is 21.8. The van der Waals surface area contributed by atoms with Crippen LogP contribution in [0.1, 0.15) is 37.2 Å². The van der Waals surface area contributed by atoms with Crippen LogP contribution in [0.25, 0.3) is 11.0 Å². The van der Waals surface area contributed by atoms with Gasteiger partial charge in [0.25, 0.3) is 0 Å². The van der Waals surface area contributed by atoms with E-state index in [1.54, 1.807) is 6.33 Å². The van der Waals surface area contributed by atoms with Crippen LogP contribution in [0.15, 0.2) is 36.7 Å².